The van der Waals surface area contributed by atoms with Crippen LogP contribution in [0.3, 0.4) is 0 Å². The summed E-state index contributed by atoms with van der Waals surface area (Å²) in [6.45, 7) is -0.131. The maximum absolute atomic E-state index is 12.9. The van der Waals surface area contributed by atoms with Crippen LogP contribution in [-0.2, 0) is 16.2 Å². The molecular formula is C17H15ClF3N5O2S2. The van der Waals surface area contributed by atoms with E-state index in [1.165, 1.54) is 24.3 Å². The van der Waals surface area contributed by atoms with Crippen LogP contribution in [0.25, 0.3) is 0 Å². The predicted octanol–water partition coefficient (Wildman–Crippen LogP) is 3.48. The van der Waals surface area contributed by atoms with Crippen molar-refractivity contribution >= 4 is 33.4 Å². The number of halogens is 4. The first-order valence-electron chi connectivity index (χ1n) is 8.32. The van der Waals surface area contributed by atoms with Gasteiger partial charge < -0.3 is 5.84 Å². The van der Waals surface area contributed by atoms with Crippen molar-refractivity contribution in [1.29, 1.82) is 0 Å². The molecule has 1 atom stereocenters. The fourth-order valence-corrected chi connectivity index (χ4v) is 4.74. The van der Waals surface area contributed by atoms with E-state index in [-0.39, 0.29) is 16.6 Å². The lowest BCUT2D eigenvalue weighted by atomic mass is 10.1. The Morgan fingerprint density at radius 2 is 1.73 bits per heavy atom. The Labute approximate surface area is 179 Å². The third-order valence-corrected chi connectivity index (χ3v) is 6.82. The summed E-state index contributed by atoms with van der Waals surface area (Å²) in [4.78, 5) is 0.00469. The number of sulfonamides is 1. The lowest BCUT2D eigenvalue weighted by Crippen LogP contribution is -2.28. The number of hydrogen-bond acceptors (Lipinski definition) is 6. The van der Waals surface area contributed by atoms with Crippen molar-refractivity contribution in [3.8, 4) is 0 Å². The van der Waals surface area contributed by atoms with Crippen molar-refractivity contribution in [3.63, 3.8) is 0 Å². The molecule has 2 aromatic carbocycles. The molecule has 1 aromatic heterocycles. The average Bonchev–Trinajstić information content (AvgIpc) is 3.07. The number of thioether (sulfide) groups is 1. The molecule has 13 heteroatoms. The van der Waals surface area contributed by atoms with Gasteiger partial charge in [-0.2, -0.15) is 13.2 Å². The predicted molar refractivity (Wildman–Crippen MR) is 107 cm³/mol. The first kappa shape index (κ1) is 22.4. The molecule has 160 valence electrons. The Bertz CT molecular complexity index is 1110. The molecule has 1 heterocycles. The highest BCUT2D eigenvalue weighted by Gasteiger charge is 2.38. The Morgan fingerprint density at radius 1 is 1.10 bits per heavy atom. The van der Waals surface area contributed by atoms with Crippen LogP contribution in [0, 0.1) is 0 Å². The maximum atomic E-state index is 12.9. The van der Waals surface area contributed by atoms with Gasteiger partial charge in [-0.1, -0.05) is 53.7 Å². The zero-order valence-electron chi connectivity index (χ0n) is 15.0. The van der Waals surface area contributed by atoms with Crippen LogP contribution in [-0.4, -0.2) is 29.8 Å². The van der Waals surface area contributed by atoms with Gasteiger partial charge in [-0.3, -0.25) is 0 Å². The van der Waals surface area contributed by atoms with Crippen molar-refractivity contribution in [2.45, 2.75) is 21.5 Å². The number of benzene rings is 2. The smallest absolute Gasteiger partial charge is 0.335 e. The van der Waals surface area contributed by atoms with Crippen molar-refractivity contribution in [2.75, 3.05) is 12.4 Å². The number of nitrogens with one attached hydrogen (secondary N) is 1. The number of nitrogens with two attached hydrogens (primary N) is 1. The van der Waals surface area contributed by atoms with Crippen LogP contribution >= 0.6 is 23.4 Å². The second-order valence-corrected chi connectivity index (χ2v) is 9.37. The van der Waals surface area contributed by atoms with E-state index in [4.69, 9.17) is 17.4 Å². The normalized spacial score (nSPS) is 13.3. The van der Waals surface area contributed by atoms with Crippen molar-refractivity contribution in [1.82, 2.24) is 19.6 Å². The molecule has 3 N–H and O–H groups in total. The first-order chi connectivity index (χ1) is 14.1. The van der Waals surface area contributed by atoms with Gasteiger partial charge in [0.2, 0.25) is 15.2 Å². The molecule has 0 amide bonds. The molecule has 0 fully saturated rings. The molecule has 0 saturated heterocycles. The minimum Gasteiger partial charge on any atom is -0.335 e. The average molecular weight is 478 g/mol. The summed E-state index contributed by atoms with van der Waals surface area (Å²) in [7, 11) is -3.88. The van der Waals surface area contributed by atoms with E-state index in [0.29, 0.717) is 15.3 Å². The zero-order valence-corrected chi connectivity index (χ0v) is 17.4. The summed E-state index contributed by atoms with van der Waals surface area (Å²) in [6.07, 6.45) is -4.76. The number of hydrogen-bond donors (Lipinski definition) is 2. The molecule has 0 aliphatic heterocycles. The third kappa shape index (κ3) is 5.25. The van der Waals surface area contributed by atoms with Crippen LogP contribution in [0.4, 0.5) is 13.2 Å². The quantitative estimate of drug-likeness (QED) is 0.399. The molecule has 0 aliphatic carbocycles. The number of rotatable bonds is 7. The second-order valence-electron chi connectivity index (χ2n) is 6.00. The van der Waals surface area contributed by atoms with E-state index in [1.807, 2.05) is 0 Å². The summed E-state index contributed by atoms with van der Waals surface area (Å²) < 4.78 is 66.7. The van der Waals surface area contributed by atoms with Gasteiger partial charge in [0.25, 0.3) is 5.82 Å². The van der Waals surface area contributed by atoms with Crippen molar-refractivity contribution in [3.05, 3.63) is 71.0 Å². The Balaban J connectivity index is 1.84. The van der Waals surface area contributed by atoms with E-state index < -0.39 is 27.3 Å². The van der Waals surface area contributed by atoms with Crippen molar-refractivity contribution < 1.29 is 21.6 Å². The van der Waals surface area contributed by atoms with Crippen LogP contribution in [0.1, 0.15) is 16.6 Å². The molecule has 3 aromatic rings. The number of alkyl halides is 3. The number of nitrogen functional groups attached to an aromatic ring is 1. The monoisotopic (exact) mass is 477 g/mol. The highest BCUT2D eigenvalue weighted by Crippen LogP contribution is 2.36. The summed E-state index contributed by atoms with van der Waals surface area (Å²) in [5.74, 6) is 4.15. The van der Waals surface area contributed by atoms with Gasteiger partial charge in [-0.05, 0) is 29.8 Å². The van der Waals surface area contributed by atoms with Crippen LogP contribution in [0.15, 0.2) is 64.6 Å². The highest BCUT2D eigenvalue weighted by molar-refractivity contribution is 7.99. The minimum atomic E-state index is -4.76. The molecule has 0 aliphatic rings. The lowest BCUT2D eigenvalue weighted by molar-refractivity contribution is -0.146. The van der Waals surface area contributed by atoms with E-state index in [0.717, 1.165) is 11.8 Å². The topological polar surface area (TPSA) is 103 Å². The fourth-order valence-electron chi connectivity index (χ4n) is 2.46. The fraction of sp³-hybridized carbons (Fsp3) is 0.176. The lowest BCUT2D eigenvalue weighted by Gasteiger charge is -2.17. The Kier molecular flexibility index (Phi) is 6.60. The first-order valence-corrected chi connectivity index (χ1v) is 11.1. The van der Waals surface area contributed by atoms with E-state index >= 15 is 0 Å². The summed E-state index contributed by atoms with van der Waals surface area (Å²) in [6, 6.07) is 14.2. The van der Waals surface area contributed by atoms with Gasteiger partial charge in [0.15, 0.2) is 0 Å². The van der Waals surface area contributed by atoms with Gasteiger partial charge in [0.1, 0.15) is 0 Å². The maximum Gasteiger partial charge on any atom is 0.453 e. The SMILES string of the molecule is Nn1c(S[C@H](CNS(=O)(=O)c2ccc(Cl)cc2)c2ccccc2)nnc1C(F)(F)F. The van der Waals surface area contributed by atoms with Gasteiger partial charge in [0, 0.05) is 11.6 Å². The van der Waals surface area contributed by atoms with Gasteiger partial charge in [-0.15, -0.1) is 10.2 Å². The van der Waals surface area contributed by atoms with E-state index in [9.17, 15) is 21.6 Å². The molecule has 0 unspecified atom stereocenters. The summed E-state index contributed by atoms with van der Waals surface area (Å²) >= 11 is 6.64. The van der Waals surface area contributed by atoms with Crippen LogP contribution in [0.2, 0.25) is 5.02 Å². The molecule has 0 spiro atoms. The molecule has 0 saturated carbocycles. The molecule has 3 rings (SSSR count). The Hall–Kier alpha value is -2.28. The van der Waals surface area contributed by atoms with Crippen LogP contribution in [0.5, 0.6) is 0 Å². The number of aromatic nitrogens is 3. The van der Waals surface area contributed by atoms with E-state index in [1.54, 1.807) is 30.3 Å². The molecule has 7 nitrogen and oxygen atoms in total. The van der Waals surface area contributed by atoms with Crippen molar-refractivity contribution in [2.24, 2.45) is 0 Å². The van der Waals surface area contributed by atoms with Gasteiger partial charge >= 0.3 is 6.18 Å². The Morgan fingerprint density at radius 3 is 2.30 bits per heavy atom. The standard InChI is InChI=1S/C17H15ClF3N5O2S2/c18-12-6-8-13(9-7-12)30(27,28)23-10-14(11-4-2-1-3-5-11)29-16-25-24-15(26(16)22)17(19,20)21/h1-9,14,23H,10,22H2/t14-/m1/s1. The molecule has 0 bridgehead atoms. The summed E-state index contributed by atoms with van der Waals surface area (Å²) in [5.41, 5.74) is 0.665. The third-order valence-electron chi connectivity index (χ3n) is 3.92. The molecular weight excluding hydrogens is 463 g/mol. The van der Waals surface area contributed by atoms with E-state index in [2.05, 4.69) is 14.9 Å². The zero-order chi connectivity index (χ0) is 21.9. The van der Waals surface area contributed by atoms with Crippen LogP contribution < -0.4 is 10.6 Å². The molecule has 30 heavy (non-hydrogen) atoms. The van der Waals surface area contributed by atoms with Gasteiger partial charge in [0.05, 0.1) is 10.1 Å². The number of nitrogens with zero attached hydrogens (tertiary/aromatic N) is 3. The molecule has 0 radical (unpaired) electrons. The second kappa shape index (κ2) is 8.84. The largest absolute Gasteiger partial charge is 0.453 e. The minimum absolute atomic E-state index is 0.00469. The van der Waals surface area contributed by atoms with Gasteiger partial charge in [-0.25, -0.2) is 17.8 Å². The summed E-state index contributed by atoms with van der Waals surface area (Å²) in [5, 5.41) is 6.14. The highest BCUT2D eigenvalue weighted by atomic mass is 35.5.